The minimum atomic E-state index is -0.450. The summed E-state index contributed by atoms with van der Waals surface area (Å²) in [5.74, 6) is 1.01. The van der Waals surface area contributed by atoms with Gasteiger partial charge < -0.3 is 5.32 Å². The molecule has 0 spiro atoms. The van der Waals surface area contributed by atoms with Gasteiger partial charge in [0.05, 0.1) is 11.0 Å². The highest BCUT2D eigenvalue weighted by atomic mass is 16.6. The molecule has 2 aromatic rings. The van der Waals surface area contributed by atoms with Crippen molar-refractivity contribution in [2.24, 2.45) is 5.92 Å². The van der Waals surface area contributed by atoms with Crippen LogP contribution < -0.4 is 5.32 Å². The highest BCUT2D eigenvalue weighted by molar-refractivity contribution is 5.42. The van der Waals surface area contributed by atoms with Gasteiger partial charge in [0.1, 0.15) is 12.0 Å². The number of anilines is 1. The van der Waals surface area contributed by atoms with E-state index in [0.29, 0.717) is 11.7 Å². The van der Waals surface area contributed by atoms with E-state index in [4.69, 9.17) is 0 Å². The molecule has 0 bridgehead atoms. The van der Waals surface area contributed by atoms with Crippen molar-refractivity contribution >= 4 is 11.5 Å². The molecule has 0 aliphatic carbocycles. The van der Waals surface area contributed by atoms with E-state index >= 15 is 0 Å². The van der Waals surface area contributed by atoms with Crippen LogP contribution in [0.5, 0.6) is 0 Å². The summed E-state index contributed by atoms with van der Waals surface area (Å²) in [6.07, 6.45) is 1.27. The van der Waals surface area contributed by atoms with Crippen LogP contribution in [-0.2, 0) is 0 Å². The molecule has 5 nitrogen and oxygen atoms in total. The monoisotopic (exact) mass is 271 g/mol. The fraction of sp³-hybridized carbons (Fsp3) is 0.267. The maximum Gasteiger partial charge on any atom is 0.287 e. The first-order chi connectivity index (χ1) is 9.58. The SMILES string of the molecule is CC(C)C(Nc1ccc([N+](=O)[O-])cn1)c1ccccc1. The van der Waals surface area contributed by atoms with E-state index in [1.165, 1.54) is 17.8 Å². The summed E-state index contributed by atoms with van der Waals surface area (Å²) < 4.78 is 0. The predicted octanol–water partition coefficient (Wildman–Crippen LogP) is 3.80. The lowest BCUT2D eigenvalue weighted by Gasteiger charge is -2.23. The molecule has 0 saturated heterocycles. The Kier molecular flexibility index (Phi) is 4.30. The molecule has 0 fully saturated rings. The number of rotatable bonds is 5. The van der Waals surface area contributed by atoms with Gasteiger partial charge in [-0.3, -0.25) is 10.1 Å². The van der Waals surface area contributed by atoms with Crippen LogP contribution in [0.15, 0.2) is 48.7 Å². The molecule has 1 aromatic heterocycles. The second-order valence-corrected chi connectivity index (χ2v) is 4.94. The summed E-state index contributed by atoms with van der Waals surface area (Å²) in [6.45, 7) is 4.24. The Balaban J connectivity index is 2.19. The molecular formula is C15H17N3O2. The highest BCUT2D eigenvalue weighted by Gasteiger charge is 2.16. The Morgan fingerprint density at radius 3 is 2.35 bits per heavy atom. The molecule has 1 aromatic carbocycles. The van der Waals surface area contributed by atoms with Crippen LogP contribution in [0.4, 0.5) is 11.5 Å². The van der Waals surface area contributed by atoms with E-state index in [1.807, 2.05) is 18.2 Å². The summed E-state index contributed by atoms with van der Waals surface area (Å²) in [4.78, 5) is 14.3. The summed E-state index contributed by atoms with van der Waals surface area (Å²) in [7, 11) is 0. The van der Waals surface area contributed by atoms with Gasteiger partial charge in [-0.2, -0.15) is 0 Å². The Morgan fingerprint density at radius 1 is 1.15 bits per heavy atom. The van der Waals surface area contributed by atoms with Crippen molar-refractivity contribution in [1.29, 1.82) is 0 Å². The third-order valence-electron chi connectivity index (χ3n) is 3.09. The van der Waals surface area contributed by atoms with Gasteiger partial charge in [0.25, 0.3) is 5.69 Å². The number of nitrogens with zero attached hydrogens (tertiary/aromatic N) is 2. The van der Waals surface area contributed by atoms with Crippen LogP contribution in [0.25, 0.3) is 0 Å². The van der Waals surface area contributed by atoms with Gasteiger partial charge >= 0.3 is 0 Å². The zero-order chi connectivity index (χ0) is 14.5. The normalized spacial score (nSPS) is 12.2. The highest BCUT2D eigenvalue weighted by Crippen LogP contribution is 2.26. The van der Waals surface area contributed by atoms with E-state index < -0.39 is 4.92 Å². The van der Waals surface area contributed by atoms with E-state index in [9.17, 15) is 10.1 Å². The number of nitrogens with one attached hydrogen (secondary N) is 1. The zero-order valence-corrected chi connectivity index (χ0v) is 11.5. The van der Waals surface area contributed by atoms with Crippen molar-refractivity contribution in [3.8, 4) is 0 Å². The van der Waals surface area contributed by atoms with E-state index in [2.05, 4.69) is 36.3 Å². The van der Waals surface area contributed by atoms with E-state index in [1.54, 1.807) is 6.07 Å². The summed E-state index contributed by atoms with van der Waals surface area (Å²) >= 11 is 0. The second kappa shape index (κ2) is 6.14. The second-order valence-electron chi connectivity index (χ2n) is 4.94. The average molecular weight is 271 g/mol. The third kappa shape index (κ3) is 3.32. The number of hydrogen-bond acceptors (Lipinski definition) is 4. The number of aromatic nitrogens is 1. The lowest BCUT2D eigenvalue weighted by molar-refractivity contribution is -0.385. The Bertz CT molecular complexity index is 567. The molecule has 5 heteroatoms. The molecule has 104 valence electrons. The molecule has 0 aliphatic heterocycles. The number of nitro groups is 1. The molecule has 0 saturated carbocycles. The first-order valence-electron chi connectivity index (χ1n) is 6.50. The maximum absolute atomic E-state index is 10.6. The standard InChI is InChI=1S/C15H17N3O2/c1-11(2)15(12-6-4-3-5-7-12)17-14-9-8-13(10-16-14)18(19)20/h3-11,15H,1-2H3,(H,16,17). The van der Waals surface area contributed by atoms with Crippen LogP contribution in [-0.4, -0.2) is 9.91 Å². The molecule has 1 unspecified atom stereocenters. The van der Waals surface area contributed by atoms with Gasteiger partial charge in [-0.25, -0.2) is 4.98 Å². The van der Waals surface area contributed by atoms with Crippen LogP contribution in [0.1, 0.15) is 25.5 Å². The molecule has 20 heavy (non-hydrogen) atoms. The van der Waals surface area contributed by atoms with Crippen molar-refractivity contribution in [3.05, 3.63) is 64.3 Å². The average Bonchev–Trinajstić information content (AvgIpc) is 2.46. The topological polar surface area (TPSA) is 68.1 Å². The number of pyridine rings is 1. The molecule has 2 rings (SSSR count). The van der Waals surface area contributed by atoms with Gasteiger partial charge in [-0.05, 0) is 17.5 Å². The smallest absolute Gasteiger partial charge is 0.287 e. The lowest BCUT2D eigenvalue weighted by atomic mass is 9.96. The fourth-order valence-electron chi connectivity index (χ4n) is 2.03. The van der Waals surface area contributed by atoms with Crippen LogP contribution in [0.3, 0.4) is 0 Å². The molecule has 0 amide bonds. The molecule has 1 N–H and O–H groups in total. The fourth-order valence-corrected chi connectivity index (χ4v) is 2.03. The third-order valence-corrected chi connectivity index (χ3v) is 3.09. The van der Waals surface area contributed by atoms with Gasteiger partial charge in [0.15, 0.2) is 0 Å². The van der Waals surface area contributed by atoms with Crippen LogP contribution in [0, 0.1) is 16.0 Å². The predicted molar refractivity (Wildman–Crippen MR) is 78.5 cm³/mol. The van der Waals surface area contributed by atoms with Gasteiger partial charge in [0.2, 0.25) is 0 Å². The van der Waals surface area contributed by atoms with Crippen LogP contribution >= 0.6 is 0 Å². The zero-order valence-electron chi connectivity index (χ0n) is 11.5. The van der Waals surface area contributed by atoms with Gasteiger partial charge in [-0.15, -0.1) is 0 Å². The largest absolute Gasteiger partial charge is 0.363 e. The Morgan fingerprint density at radius 2 is 1.85 bits per heavy atom. The van der Waals surface area contributed by atoms with Gasteiger partial charge in [0, 0.05) is 6.07 Å². The minimum absolute atomic E-state index is 0.00337. The summed E-state index contributed by atoms with van der Waals surface area (Å²) in [6, 6.07) is 13.3. The molecule has 0 aliphatic rings. The first-order valence-corrected chi connectivity index (χ1v) is 6.50. The Labute approximate surface area is 117 Å². The van der Waals surface area contributed by atoms with Crippen molar-refractivity contribution in [3.63, 3.8) is 0 Å². The molecule has 1 atom stereocenters. The maximum atomic E-state index is 10.6. The van der Waals surface area contributed by atoms with Crippen molar-refractivity contribution in [2.75, 3.05) is 5.32 Å². The van der Waals surface area contributed by atoms with Crippen molar-refractivity contribution < 1.29 is 4.92 Å². The van der Waals surface area contributed by atoms with E-state index in [0.717, 1.165) is 0 Å². The quantitative estimate of drug-likeness (QED) is 0.663. The Hall–Kier alpha value is -2.43. The number of benzene rings is 1. The molecular weight excluding hydrogens is 254 g/mol. The first kappa shape index (κ1) is 14.0. The lowest BCUT2D eigenvalue weighted by Crippen LogP contribution is -2.17. The van der Waals surface area contributed by atoms with Gasteiger partial charge in [-0.1, -0.05) is 44.2 Å². The molecule has 1 heterocycles. The number of hydrogen-bond donors (Lipinski definition) is 1. The van der Waals surface area contributed by atoms with Crippen molar-refractivity contribution in [1.82, 2.24) is 4.98 Å². The summed E-state index contributed by atoms with van der Waals surface area (Å²) in [5.41, 5.74) is 1.17. The van der Waals surface area contributed by atoms with Crippen LogP contribution in [0.2, 0.25) is 0 Å². The van der Waals surface area contributed by atoms with Crippen molar-refractivity contribution in [2.45, 2.75) is 19.9 Å². The van der Waals surface area contributed by atoms with E-state index in [-0.39, 0.29) is 11.7 Å². The molecule has 0 radical (unpaired) electrons. The summed E-state index contributed by atoms with van der Waals surface area (Å²) in [5, 5.41) is 13.9. The minimum Gasteiger partial charge on any atom is -0.363 e.